The smallest absolute Gasteiger partial charge is 0.312 e. The number of aromatic nitrogens is 2. The van der Waals surface area contributed by atoms with Crippen LogP contribution < -0.4 is 15.2 Å². The van der Waals surface area contributed by atoms with Gasteiger partial charge in [-0.15, -0.1) is 5.10 Å². The third kappa shape index (κ3) is 1.89. The number of nitrogens with two attached hydrogens (primary N) is 1. The van der Waals surface area contributed by atoms with Crippen molar-refractivity contribution in [2.75, 3.05) is 18.9 Å². The molecule has 1 aliphatic rings. The van der Waals surface area contributed by atoms with Gasteiger partial charge in [0.05, 0.1) is 6.42 Å². The van der Waals surface area contributed by atoms with Crippen LogP contribution in [0.3, 0.4) is 0 Å². The summed E-state index contributed by atoms with van der Waals surface area (Å²) in [5.41, 5.74) is 6.32. The van der Waals surface area contributed by atoms with Crippen molar-refractivity contribution in [2.45, 2.75) is 6.42 Å². The molecule has 0 amide bonds. The molecule has 1 aromatic carbocycles. The van der Waals surface area contributed by atoms with Crippen LogP contribution in [-0.4, -0.2) is 23.4 Å². The zero-order valence-electron chi connectivity index (χ0n) is 9.05. The predicted molar refractivity (Wildman–Crippen MR) is 58.9 cm³/mol. The van der Waals surface area contributed by atoms with Crippen molar-refractivity contribution in [3.8, 4) is 11.5 Å². The van der Waals surface area contributed by atoms with E-state index in [0.29, 0.717) is 25.5 Å². The highest BCUT2D eigenvalue weighted by Gasteiger charge is 2.17. The largest absolute Gasteiger partial charge is 0.486 e. The summed E-state index contributed by atoms with van der Waals surface area (Å²) in [4.78, 5) is 0. The lowest BCUT2D eigenvalue weighted by Crippen LogP contribution is -2.16. The first-order valence-electron chi connectivity index (χ1n) is 5.28. The minimum atomic E-state index is 0.0713. The Morgan fingerprint density at radius 1 is 1.18 bits per heavy atom. The van der Waals surface area contributed by atoms with Gasteiger partial charge in [-0.3, -0.25) is 0 Å². The summed E-state index contributed by atoms with van der Waals surface area (Å²) in [5, 5.41) is 7.44. The topological polar surface area (TPSA) is 83.4 Å². The summed E-state index contributed by atoms with van der Waals surface area (Å²) in [6, 6.07) is 5.79. The first kappa shape index (κ1) is 9.95. The maximum Gasteiger partial charge on any atom is 0.312 e. The summed E-state index contributed by atoms with van der Waals surface area (Å²) < 4.78 is 16.2. The third-order valence-electron chi connectivity index (χ3n) is 2.47. The van der Waals surface area contributed by atoms with Crippen LogP contribution in [0.4, 0.5) is 6.01 Å². The van der Waals surface area contributed by atoms with Crippen LogP contribution >= 0.6 is 0 Å². The van der Waals surface area contributed by atoms with Crippen molar-refractivity contribution in [2.24, 2.45) is 0 Å². The van der Waals surface area contributed by atoms with E-state index < -0.39 is 0 Å². The quantitative estimate of drug-likeness (QED) is 0.833. The molecular weight excluding hydrogens is 222 g/mol. The lowest BCUT2D eigenvalue weighted by Gasteiger charge is -2.20. The Kier molecular flexibility index (Phi) is 2.32. The third-order valence-corrected chi connectivity index (χ3v) is 2.47. The Morgan fingerprint density at radius 3 is 2.88 bits per heavy atom. The first-order chi connectivity index (χ1) is 8.33. The fourth-order valence-corrected chi connectivity index (χ4v) is 1.77. The highest BCUT2D eigenvalue weighted by Crippen LogP contribution is 2.34. The molecule has 0 saturated carbocycles. The second-order valence-electron chi connectivity index (χ2n) is 3.65. The van der Waals surface area contributed by atoms with E-state index in [2.05, 4.69) is 10.2 Å². The lowest BCUT2D eigenvalue weighted by atomic mass is 10.1. The van der Waals surface area contributed by atoms with Gasteiger partial charge in [0.2, 0.25) is 5.89 Å². The van der Waals surface area contributed by atoms with E-state index in [0.717, 1.165) is 17.1 Å². The van der Waals surface area contributed by atoms with Crippen LogP contribution in [0.2, 0.25) is 0 Å². The molecule has 2 aromatic rings. The molecule has 6 heteroatoms. The minimum Gasteiger partial charge on any atom is -0.486 e. The van der Waals surface area contributed by atoms with E-state index in [-0.39, 0.29) is 6.01 Å². The molecule has 3 rings (SSSR count). The fourth-order valence-electron chi connectivity index (χ4n) is 1.77. The number of anilines is 1. The van der Waals surface area contributed by atoms with Gasteiger partial charge >= 0.3 is 6.01 Å². The van der Waals surface area contributed by atoms with E-state index in [4.69, 9.17) is 19.6 Å². The molecule has 0 spiro atoms. The molecule has 0 radical (unpaired) electrons. The summed E-state index contributed by atoms with van der Waals surface area (Å²) in [5.74, 6) is 1.96. The van der Waals surface area contributed by atoms with Crippen molar-refractivity contribution in [3.63, 3.8) is 0 Å². The molecule has 0 unspecified atom stereocenters. The second kappa shape index (κ2) is 3.97. The molecule has 0 aliphatic carbocycles. The van der Waals surface area contributed by atoms with Gasteiger partial charge in [-0.1, -0.05) is 17.2 Å². The molecule has 0 bridgehead atoms. The standard InChI is InChI=1S/C11H11N3O3/c12-11-14-13-9(17-11)6-7-2-1-3-8-10(7)16-5-4-15-8/h1-3H,4-6H2,(H2,12,14). The normalized spacial score (nSPS) is 13.6. The van der Waals surface area contributed by atoms with Gasteiger partial charge in [0.15, 0.2) is 11.5 Å². The number of ether oxygens (including phenoxy) is 2. The van der Waals surface area contributed by atoms with Crippen LogP contribution in [0.15, 0.2) is 22.6 Å². The zero-order valence-corrected chi connectivity index (χ0v) is 9.05. The number of rotatable bonds is 2. The molecule has 0 atom stereocenters. The second-order valence-corrected chi connectivity index (χ2v) is 3.65. The molecule has 6 nitrogen and oxygen atoms in total. The molecule has 88 valence electrons. The lowest BCUT2D eigenvalue weighted by molar-refractivity contribution is 0.170. The summed E-state index contributed by atoms with van der Waals surface area (Å²) >= 11 is 0. The Balaban J connectivity index is 1.92. The Morgan fingerprint density at radius 2 is 2.06 bits per heavy atom. The SMILES string of the molecule is Nc1nnc(Cc2cccc3c2OCCO3)o1. The molecule has 2 heterocycles. The number of fused-ring (bicyclic) bond motifs is 1. The average molecular weight is 233 g/mol. The van der Waals surface area contributed by atoms with Gasteiger partial charge < -0.3 is 19.6 Å². The van der Waals surface area contributed by atoms with Crippen molar-refractivity contribution in [1.29, 1.82) is 0 Å². The highest BCUT2D eigenvalue weighted by molar-refractivity contribution is 5.48. The van der Waals surface area contributed by atoms with Crippen molar-refractivity contribution >= 4 is 6.01 Å². The van der Waals surface area contributed by atoms with Crippen LogP contribution in [0.25, 0.3) is 0 Å². The Bertz CT molecular complexity index is 539. The number of nitrogen functional groups attached to an aromatic ring is 1. The van der Waals surface area contributed by atoms with Crippen LogP contribution in [-0.2, 0) is 6.42 Å². The van der Waals surface area contributed by atoms with Gasteiger partial charge in [-0.25, -0.2) is 0 Å². The van der Waals surface area contributed by atoms with E-state index in [1.807, 2.05) is 18.2 Å². The summed E-state index contributed by atoms with van der Waals surface area (Å²) in [7, 11) is 0. The first-order valence-corrected chi connectivity index (χ1v) is 5.28. The molecule has 17 heavy (non-hydrogen) atoms. The van der Waals surface area contributed by atoms with Gasteiger partial charge in [0.25, 0.3) is 0 Å². The van der Waals surface area contributed by atoms with Crippen molar-refractivity contribution in [3.05, 3.63) is 29.7 Å². The van der Waals surface area contributed by atoms with E-state index in [9.17, 15) is 0 Å². The van der Waals surface area contributed by atoms with Crippen LogP contribution in [0.1, 0.15) is 11.5 Å². The zero-order chi connectivity index (χ0) is 11.7. The van der Waals surface area contributed by atoms with Crippen molar-refractivity contribution in [1.82, 2.24) is 10.2 Å². The number of hydrogen-bond donors (Lipinski definition) is 1. The molecule has 1 aliphatic heterocycles. The van der Waals surface area contributed by atoms with Gasteiger partial charge in [-0.2, -0.15) is 0 Å². The Hall–Kier alpha value is -2.24. The summed E-state index contributed by atoms with van der Waals surface area (Å²) in [6.07, 6.45) is 0.483. The van der Waals surface area contributed by atoms with Crippen LogP contribution in [0.5, 0.6) is 11.5 Å². The number of para-hydroxylation sites is 1. The highest BCUT2D eigenvalue weighted by atomic mass is 16.6. The molecular formula is C11H11N3O3. The molecule has 0 fully saturated rings. The maximum atomic E-state index is 5.59. The number of benzene rings is 1. The van der Waals surface area contributed by atoms with E-state index in [1.54, 1.807) is 0 Å². The average Bonchev–Trinajstić information content (AvgIpc) is 2.75. The van der Waals surface area contributed by atoms with Gasteiger partial charge in [0, 0.05) is 5.56 Å². The van der Waals surface area contributed by atoms with Crippen LogP contribution in [0, 0.1) is 0 Å². The predicted octanol–water partition coefficient (Wildman–Crippen LogP) is 1.01. The Labute approximate surface area is 97.3 Å². The fraction of sp³-hybridized carbons (Fsp3) is 0.273. The molecule has 0 saturated heterocycles. The van der Waals surface area contributed by atoms with Gasteiger partial charge in [-0.05, 0) is 6.07 Å². The number of hydrogen-bond acceptors (Lipinski definition) is 6. The van der Waals surface area contributed by atoms with Crippen molar-refractivity contribution < 1.29 is 13.9 Å². The minimum absolute atomic E-state index is 0.0713. The van der Waals surface area contributed by atoms with E-state index in [1.165, 1.54) is 0 Å². The molecule has 1 aromatic heterocycles. The maximum absolute atomic E-state index is 5.59. The van der Waals surface area contributed by atoms with E-state index >= 15 is 0 Å². The monoisotopic (exact) mass is 233 g/mol. The van der Waals surface area contributed by atoms with Gasteiger partial charge in [0.1, 0.15) is 13.2 Å². The molecule has 2 N–H and O–H groups in total. The number of nitrogens with zero attached hydrogens (tertiary/aromatic N) is 2. The summed E-state index contributed by atoms with van der Waals surface area (Å²) in [6.45, 7) is 1.12.